The number of hydrogen-bond acceptors (Lipinski definition) is 6. The van der Waals surface area contributed by atoms with Crippen LogP contribution in [0, 0.1) is 5.92 Å². The van der Waals surface area contributed by atoms with Crippen LogP contribution < -0.4 is 16.1 Å². The zero-order chi connectivity index (χ0) is 15.7. The van der Waals surface area contributed by atoms with E-state index in [2.05, 4.69) is 5.10 Å². The summed E-state index contributed by atoms with van der Waals surface area (Å²) in [6.45, 7) is 2.49. The highest BCUT2D eigenvalue weighted by Gasteiger charge is 2.39. The van der Waals surface area contributed by atoms with Crippen LogP contribution in [0.1, 0.15) is 6.92 Å². The number of aryl methyl sites for hydroxylation is 1. The molecule has 9 nitrogen and oxygen atoms in total. The lowest BCUT2D eigenvalue weighted by molar-refractivity contribution is -0.141. The zero-order valence-electron chi connectivity index (χ0n) is 12.1. The first kappa shape index (κ1) is 15.2. The minimum atomic E-state index is -0.974. The first-order valence-electron chi connectivity index (χ1n) is 6.60. The van der Waals surface area contributed by atoms with E-state index in [0.29, 0.717) is 6.54 Å². The van der Waals surface area contributed by atoms with Gasteiger partial charge < -0.3 is 14.7 Å². The van der Waals surface area contributed by atoms with Gasteiger partial charge in [-0.15, -0.1) is 5.10 Å². The van der Waals surface area contributed by atoms with Gasteiger partial charge in [0.1, 0.15) is 5.92 Å². The Hall–Kier alpha value is -2.16. The van der Waals surface area contributed by atoms with Crippen LogP contribution in [0.15, 0.2) is 9.59 Å². The normalized spacial score (nSPS) is 21.5. The van der Waals surface area contributed by atoms with Gasteiger partial charge in [-0.3, -0.25) is 14.2 Å². The van der Waals surface area contributed by atoms with Gasteiger partial charge in [0, 0.05) is 20.6 Å². The molecule has 21 heavy (non-hydrogen) atoms. The molecule has 1 aromatic rings. The van der Waals surface area contributed by atoms with Crippen LogP contribution in [-0.4, -0.2) is 51.2 Å². The van der Waals surface area contributed by atoms with Crippen molar-refractivity contribution >= 4 is 11.8 Å². The predicted octanol–water partition coefficient (Wildman–Crippen LogP) is -1.60. The monoisotopic (exact) mass is 298 g/mol. The Bertz CT molecular complexity index is 665. The molecular weight excluding hydrogens is 280 g/mol. The number of anilines is 1. The summed E-state index contributed by atoms with van der Waals surface area (Å²) < 4.78 is 7.25. The minimum Gasteiger partial charge on any atom is -0.481 e. The van der Waals surface area contributed by atoms with E-state index in [9.17, 15) is 19.5 Å². The van der Waals surface area contributed by atoms with Crippen molar-refractivity contribution in [3.8, 4) is 0 Å². The Morgan fingerprint density at radius 3 is 2.67 bits per heavy atom. The number of ether oxygens (including phenoxy) is 1. The molecule has 1 saturated heterocycles. The van der Waals surface area contributed by atoms with E-state index in [-0.39, 0.29) is 19.0 Å². The van der Waals surface area contributed by atoms with Gasteiger partial charge in [-0.25, -0.2) is 9.48 Å². The Balaban J connectivity index is 2.50. The standard InChI is InChI=1S/C12H18N4O5/c1-4-16(8-6-21-5-7(8)11(18)19)9-10(17)14(2)12(20)15(3)13-9/h7-8H,4-6H2,1-3H3,(H,18,19). The van der Waals surface area contributed by atoms with Crippen molar-refractivity contribution in [3.05, 3.63) is 20.8 Å². The quantitative estimate of drug-likeness (QED) is 0.713. The molecule has 1 fully saturated rings. The molecule has 2 heterocycles. The van der Waals surface area contributed by atoms with Gasteiger partial charge in [0.25, 0.3) is 5.56 Å². The van der Waals surface area contributed by atoms with Crippen LogP contribution in [0.25, 0.3) is 0 Å². The Kier molecular flexibility index (Phi) is 4.12. The van der Waals surface area contributed by atoms with E-state index in [1.54, 1.807) is 11.8 Å². The molecule has 2 atom stereocenters. The maximum Gasteiger partial charge on any atom is 0.346 e. The molecule has 0 amide bonds. The number of rotatable bonds is 4. The molecule has 2 rings (SSSR count). The number of nitrogens with zero attached hydrogens (tertiary/aromatic N) is 4. The summed E-state index contributed by atoms with van der Waals surface area (Å²) in [5.74, 6) is -1.64. The fourth-order valence-corrected chi connectivity index (χ4v) is 2.49. The molecule has 2 unspecified atom stereocenters. The van der Waals surface area contributed by atoms with Gasteiger partial charge in [-0.1, -0.05) is 0 Å². The Morgan fingerprint density at radius 1 is 1.43 bits per heavy atom. The fourth-order valence-electron chi connectivity index (χ4n) is 2.49. The van der Waals surface area contributed by atoms with Gasteiger partial charge >= 0.3 is 11.7 Å². The molecule has 1 aliphatic rings. The number of hydrogen-bond donors (Lipinski definition) is 1. The maximum absolute atomic E-state index is 12.2. The Labute approximate surface area is 120 Å². The number of carboxylic acids is 1. The van der Waals surface area contributed by atoms with Gasteiger partial charge in [-0.2, -0.15) is 0 Å². The largest absolute Gasteiger partial charge is 0.481 e. The van der Waals surface area contributed by atoms with E-state index in [0.717, 1.165) is 9.25 Å². The number of aromatic nitrogens is 3. The maximum atomic E-state index is 12.2. The van der Waals surface area contributed by atoms with Crippen molar-refractivity contribution in [2.75, 3.05) is 24.7 Å². The van der Waals surface area contributed by atoms with E-state index in [4.69, 9.17) is 4.74 Å². The molecule has 1 N–H and O–H groups in total. The van der Waals surface area contributed by atoms with Crippen molar-refractivity contribution in [1.82, 2.24) is 14.3 Å². The highest BCUT2D eigenvalue weighted by Crippen LogP contribution is 2.22. The summed E-state index contributed by atoms with van der Waals surface area (Å²) in [5, 5.41) is 13.2. The molecule has 0 saturated carbocycles. The van der Waals surface area contributed by atoms with Crippen LogP contribution in [-0.2, 0) is 23.6 Å². The summed E-state index contributed by atoms with van der Waals surface area (Å²) in [4.78, 5) is 36.8. The smallest absolute Gasteiger partial charge is 0.346 e. The van der Waals surface area contributed by atoms with Gasteiger partial charge in [0.15, 0.2) is 0 Å². The van der Waals surface area contributed by atoms with Crippen LogP contribution in [0.4, 0.5) is 5.82 Å². The molecule has 0 aromatic carbocycles. The lowest BCUT2D eigenvalue weighted by Gasteiger charge is -2.29. The van der Waals surface area contributed by atoms with Gasteiger partial charge in [-0.05, 0) is 6.92 Å². The average Bonchev–Trinajstić information content (AvgIpc) is 2.92. The van der Waals surface area contributed by atoms with Crippen LogP contribution in [0.3, 0.4) is 0 Å². The number of carboxylic acid groups (broad SMARTS) is 1. The Morgan fingerprint density at radius 2 is 2.10 bits per heavy atom. The van der Waals surface area contributed by atoms with Crippen molar-refractivity contribution in [2.24, 2.45) is 20.0 Å². The fraction of sp³-hybridized carbons (Fsp3) is 0.667. The van der Waals surface area contributed by atoms with Crippen LogP contribution in [0.2, 0.25) is 0 Å². The molecule has 1 aromatic heterocycles. The lowest BCUT2D eigenvalue weighted by atomic mass is 10.0. The minimum absolute atomic E-state index is 0.0591. The highest BCUT2D eigenvalue weighted by atomic mass is 16.5. The number of likely N-dealkylation sites (N-methyl/N-ethyl adjacent to an activating group) is 1. The number of carbonyl (C=O) groups is 1. The third kappa shape index (κ3) is 2.56. The van der Waals surface area contributed by atoms with Crippen molar-refractivity contribution < 1.29 is 14.6 Å². The average molecular weight is 298 g/mol. The molecule has 0 bridgehead atoms. The molecule has 0 aliphatic carbocycles. The van der Waals surface area contributed by atoms with E-state index in [1.165, 1.54) is 14.1 Å². The number of aliphatic carboxylic acids is 1. The summed E-state index contributed by atoms with van der Waals surface area (Å²) in [6, 6.07) is -0.481. The summed E-state index contributed by atoms with van der Waals surface area (Å²) in [5.41, 5.74) is -1.08. The van der Waals surface area contributed by atoms with Crippen molar-refractivity contribution in [1.29, 1.82) is 0 Å². The van der Waals surface area contributed by atoms with E-state index in [1.807, 2.05) is 0 Å². The summed E-state index contributed by atoms with van der Waals surface area (Å²) in [7, 11) is 2.81. The van der Waals surface area contributed by atoms with Gasteiger partial charge in [0.2, 0.25) is 5.82 Å². The highest BCUT2D eigenvalue weighted by molar-refractivity contribution is 5.72. The van der Waals surface area contributed by atoms with E-state index >= 15 is 0 Å². The topological polar surface area (TPSA) is 107 Å². The first-order valence-corrected chi connectivity index (χ1v) is 6.60. The van der Waals surface area contributed by atoms with Crippen LogP contribution >= 0.6 is 0 Å². The van der Waals surface area contributed by atoms with Gasteiger partial charge in [0.05, 0.1) is 19.3 Å². The zero-order valence-corrected chi connectivity index (χ0v) is 12.1. The summed E-state index contributed by atoms with van der Waals surface area (Å²) >= 11 is 0. The molecular formula is C12H18N4O5. The molecule has 0 spiro atoms. The second kappa shape index (κ2) is 5.68. The third-order valence-electron chi connectivity index (χ3n) is 3.69. The van der Waals surface area contributed by atoms with E-state index < -0.39 is 29.2 Å². The third-order valence-corrected chi connectivity index (χ3v) is 3.69. The molecule has 0 radical (unpaired) electrons. The second-order valence-corrected chi connectivity index (χ2v) is 4.93. The summed E-state index contributed by atoms with van der Waals surface area (Å²) in [6.07, 6.45) is 0. The van der Waals surface area contributed by atoms with Crippen LogP contribution in [0.5, 0.6) is 0 Å². The molecule has 116 valence electrons. The molecule has 1 aliphatic heterocycles. The van der Waals surface area contributed by atoms with Crippen molar-refractivity contribution in [3.63, 3.8) is 0 Å². The lowest BCUT2D eigenvalue weighted by Crippen LogP contribution is -2.49. The SMILES string of the molecule is CCN(c1nn(C)c(=O)n(C)c1=O)C1COCC1C(=O)O. The predicted molar refractivity (Wildman–Crippen MR) is 73.5 cm³/mol. The second-order valence-electron chi connectivity index (χ2n) is 4.93. The van der Waals surface area contributed by atoms with Crippen molar-refractivity contribution in [2.45, 2.75) is 13.0 Å². The first-order chi connectivity index (χ1) is 9.88. The molecule has 9 heteroatoms.